The van der Waals surface area contributed by atoms with Crippen LogP contribution in [0.5, 0.6) is 0 Å². The number of carbonyl (C=O) groups is 1. The fourth-order valence-electron chi connectivity index (χ4n) is 3.81. The molecular weight excluding hydrogens is 444 g/mol. The van der Waals surface area contributed by atoms with Crippen LogP contribution >= 0.6 is 0 Å². The lowest BCUT2D eigenvalue weighted by Crippen LogP contribution is -2.40. The van der Waals surface area contributed by atoms with Crippen molar-refractivity contribution in [1.82, 2.24) is 14.6 Å². The highest BCUT2D eigenvalue weighted by Crippen LogP contribution is 2.18. The first-order valence-corrected chi connectivity index (χ1v) is 12.7. The van der Waals surface area contributed by atoms with Crippen LogP contribution in [0, 0.1) is 0 Å². The van der Waals surface area contributed by atoms with Crippen LogP contribution < -0.4 is 10.2 Å². The van der Waals surface area contributed by atoms with E-state index in [2.05, 4.69) is 15.2 Å². The molecule has 1 N–H and O–H groups in total. The van der Waals surface area contributed by atoms with Crippen LogP contribution in [0.1, 0.15) is 17.5 Å². The highest BCUT2D eigenvalue weighted by molar-refractivity contribution is 7.89. The summed E-state index contributed by atoms with van der Waals surface area (Å²) in [6, 6.07) is 10.7. The lowest BCUT2D eigenvalue weighted by molar-refractivity contribution is -0.121. The Morgan fingerprint density at radius 3 is 2.18 bits per heavy atom. The molecule has 0 radical (unpaired) electrons. The molecule has 1 aromatic heterocycles. The van der Waals surface area contributed by atoms with Crippen LogP contribution in [0.3, 0.4) is 0 Å². The van der Waals surface area contributed by atoms with Crippen molar-refractivity contribution in [2.24, 2.45) is 0 Å². The smallest absolute Gasteiger partial charge is 0.243 e. The van der Waals surface area contributed by atoms with Crippen LogP contribution in [0.25, 0.3) is 0 Å². The van der Waals surface area contributed by atoms with Crippen molar-refractivity contribution in [3.05, 3.63) is 53.7 Å². The Kier molecular flexibility index (Phi) is 7.92. The van der Waals surface area contributed by atoms with E-state index >= 15 is 0 Å². The van der Waals surface area contributed by atoms with E-state index in [9.17, 15) is 13.2 Å². The highest BCUT2D eigenvalue weighted by atomic mass is 32.2. The van der Waals surface area contributed by atoms with E-state index < -0.39 is 10.0 Å². The van der Waals surface area contributed by atoms with Crippen molar-refractivity contribution in [3.63, 3.8) is 0 Å². The number of carbonyl (C=O) groups excluding carboxylic acids is 1. The van der Waals surface area contributed by atoms with Crippen molar-refractivity contribution in [2.75, 3.05) is 57.5 Å². The molecule has 0 atom stereocenters. The minimum absolute atomic E-state index is 0.0581. The number of pyridine rings is 1. The SMILES string of the molecule is O=C(CCc1ccc(S(=O)(=O)N2CCOCC2)cc1)NCc1ccc(N2CCOCC2)nc1. The molecule has 0 aliphatic carbocycles. The predicted molar refractivity (Wildman–Crippen MR) is 123 cm³/mol. The number of anilines is 1. The number of amides is 1. The predicted octanol–water partition coefficient (Wildman–Crippen LogP) is 1.19. The molecule has 0 saturated carbocycles. The topological polar surface area (TPSA) is 101 Å². The maximum Gasteiger partial charge on any atom is 0.243 e. The first-order valence-electron chi connectivity index (χ1n) is 11.2. The van der Waals surface area contributed by atoms with E-state index in [1.54, 1.807) is 30.5 Å². The van der Waals surface area contributed by atoms with Gasteiger partial charge in [-0.25, -0.2) is 13.4 Å². The molecule has 3 heterocycles. The monoisotopic (exact) mass is 474 g/mol. The van der Waals surface area contributed by atoms with E-state index in [4.69, 9.17) is 9.47 Å². The molecule has 2 fully saturated rings. The summed E-state index contributed by atoms with van der Waals surface area (Å²) < 4.78 is 37.4. The molecule has 0 unspecified atom stereocenters. The normalized spacial score (nSPS) is 17.6. The highest BCUT2D eigenvalue weighted by Gasteiger charge is 2.26. The lowest BCUT2D eigenvalue weighted by atomic mass is 10.1. The fourth-order valence-corrected chi connectivity index (χ4v) is 5.22. The molecule has 2 aliphatic rings. The van der Waals surface area contributed by atoms with Crippen molar-refractivity contribution < 1.29 is 22.7 Å². The Morgan fingerprint density at radius 2 is 1.55 bits per heavy atom. The van der Waals surface area contributed by atoms with Gasteiger partial charge in [-0.1, -0.05) is 18.2 Å². The minimum Gasteiger partial charge on any atom is -0.379 e. The molecule has 0 bridgehead atoms. The van der Waals surface area contributed by atoms with Gasteiger partial charge in [0.05, 0.1) is 31.3 Å². The quantitative estimate of drug-likeness (QED) is 0.613. The molecule has 178 valence electrons. The molecule has 0 spiro atoms. The maximum absolute atomic E-state index is 12.7. The molecule has 9 nitrogen and oxygen atoms in total. The zero-order valence-electron chi connectivity index (χ0n) is 18.6. The Labute approximate surface area is 194 Å². The number of hydrogen-bond donors (Lipinski definition) is 1. The number of aromatic nitrogens is 1. The van der Waals surface area contributed by atoms with Gasteiger partial charge in [-0.15, -0.1) is 0 Å². The summed E-state index contributed by atoms with van der Waals surface area (Å²) in [4.78, 5) is 19.2. The van der Waals surface area contributed by atoms with Gasteiger partial charge >= 0.3 is 0 Å². The average molecular weight is 475 g/mol. The number of nitrogens with zero attached hydrogens (tertiary/aromatic N) is 3. The molecule has 2 aliphatic heterocycles. The number of rotatable bonds is 8. The lowest BCUT2D eigenvalue weighted by Gasteiger charge is -2.27. The fraction of sp³-hybridized carbons (Fsp3) is 0.478. The van der Waals surface area contributed by atoms with Gasteiger partial charge < -0.3 is 19.7 Å². The van der Waals surface area contributed by atoms with Gasteiger partial charge in [-0.2, -0.15) is 4.31 Å². The van der Waals surface area contributed by atoms with E-state index in [1.165, 1.54) is 4.31 Å². The van der Waals surface area contributed by atoms with Gasteiger partial charge in [0.2, 0.25) is 15.9 Å². The van der Waals surface area contributed by atoms with Gasteiger partial charge in [0.15, 0.2) is 0 Å². The van der Waals surface area contributed by atoms with Crippen LogP contribution in [-0.2, 0) is 37.3 Å². The van der Waals surface area contributed by atoms with Gasteiger partial charge in [0, 0.05) is 45.3 Å². The molecular formula is C23H30N4O5S. The number of morpholine rings is 2. The van der Waals surface area contributed by atoms with Crippen LogP contribution in [0.4, 0.5) is 5.82 Å². The Balaban J connectivity index is 1.22. The van der Waals surface area contributed by atoms with Crippen molar-refractivity contribution in [2.45, 2.75) is 24.3 Å². The Bertz CT molecular complexity index is 1020. The van der Waals surface area contributed by atoms with Crippen molar-refractivity contribution in [3.8, 4) is 0 Å². The number of nitrogens with one attached hydrogen (secondary N) is 1. The zero-order valence-corrected chi connectivity index (χ0v) is 19.4. The van der Waals surface area contributed by atoms with E-state index in [0.29, 0.717) is 58.9 Å². The van der Waals surface area contributed by atoms with E-state index in [1.807, 2.05) is 12.1 Å². The first-order chi connectivity index (χ1) is 16.0. The van der Waals surface area contributed by atoms with Crippen molar-refractivity contribution in [1.29, 1.82) is 0 Å². The summed E-state index contributed by atoms with van der Waals surface area (Å²) in [7, 11) is -3.50. The van der Waals surface area contributed by atoms with Gasteiger partial charge in [-0.05, 0) is 35.7 Å². The first kappa shape index (κ1) is 23.6. The second-order valence-electron chi connectivity index (χ2n) is 8.06. The van der Waals surface area contributed by atoms with Gasteiger partial charge in [-0.3, -0.25) is 4.79 Å². The standard InChI is InChI=1S/C23H30N4O5S/c28-23(25-18-20-3-7-22(24-17-20)26-9-13-31-14-10-26)8-4-19-1-5-21(6-2-19)33(29,30)27-11-15-32-16-12-27/h1-3,5-7,17H,4,8-16,18H2,(H,25,28). The molecule has 10 heteroatoms. The number of benzene rings is 1. The number of aryl methyl sites for hydroxylation is 1. The average Bonchev–Trinajstić information content (AvgIpc) is 2.88. The van der Waals surface area contributed by atoms with Crippen LogP contribution in [0.15, 0.2) is 47.5 Å². The molecule has 33 heavy (non-hydrogen) atoms. The second kappa shape index (κ2) is 11.1. The largest absolute Gasteiger partial charge is 0.379 e. The Morgan fingerprint density at radius 1 is 0.909 bits per heavy atom. The maximum atomic E-state index is 12.7. The number of sulfonamides is 1. The summed E-state index contributed by atoms with van der Waals surface area (Å²) in [6.45, 7) is 5.10. The third kappa shape index (κ3) is 6.29. The summed E-state index contributed by atoms with van der Waals surface area (Å²) >= 11 is 0. The Hall–Kier alpha value is -2.53. The third-order valence-electron chi connectivity index (χ3n) is 5.81. The molecule has 4 rings (SSSR count). The van der Waals surface area contributed by atoms with Gasteiger partial charge in [0.25, 0.3) is 0 Å². The summed E-state index contributed by atoms with van der Waals surface area (Å²) in [5.41, 5.74) is 1.86. The number of hydrogen-bond acceptors (Lipinski definition) is 7. The van der Waals surface area contributed by atoms with Gasteiger partial charge in [0.1, 0.15) is 5.82 Å². The molecule has 1 amide bonds. The molecule has 1 aromatic carbocycles. The molecule has 2 saturated heterocycles. The van der Waals surface area contributed by atoms with E-state index in [-0.39, 0.29) is 10.8 Å². The zero-order chi connectivity index (χ0) is 23.1. The van der Waals surface area contributed by atoms with E-state index in [0.717, 1.165) is 30.0 Å². The number of ether oxygens (including phenoxy) is 2. The van der Waals surface area contributed by atoms with Crippen LogP contribution in [0.2, 0.25) is 0 Å². The van der Waals surface area contributed by atoms with Crippen LogP contribution in [-0.4, -0.2) is 76.2 Å². The minimum atomic E-state index is -3.50. The third-order valence-corrected chi connectivity index (χ3v) is 7.72. The summed E-state index contributed by atoms with van der Waals surface area (Å²) in [6.07, 6.45) is 2.66. The second-order valence-corrected chi connectivity index (χ2v) is 10.00. The van der Waals surface area contributed by atoms with Crippen molar-refractivity contribution >= 4 is 21.7 Å². The summed E-state index contributed by atoms with van der Waals surface area (Å²) in [5.74, 6) is 0.865. The molecule has 2 aromatic rings. The summed E-state index contributed by atoms with van der Waals surface area (Å²) in [5, 5.41) is 2.92.